The average molecular weight is 295 g/mol. The Morgan fingerprint density at radius 1 is 1.29 bits per heavy atom. The van der Waals surface area contributed by atoms with Gasteiger partial charge in [0.05, 0.1) is 6.42 Å². The molecular weight excluding hydrogens is 266 g/mol. The molecule has 21 heavy (non-hydrogen) atoms. The van der Waals surface area contributed by atoms with E-state index in [-0.39, 0.29) is 24.8 Å². The fourth-order valence-corrected chi connectivity index (χ4v) is 3.13. The summed E-state index contributed by atoms with van der Waals surface area (Å²) in [4.78, 5) is 24.8. The van der Waals surface area contributed by atoms with Crippen molar-refractivity contribution in [3.05, 3.63) is 12.7 Å². The van der Waals surface area contributed by atoms with Crippen molar-refractivity contribution in [1.29, 1.82) is 0 Å². The molecule has 0 aliphatic heterocycles. The van der Waals surface area contributed by atoms with Gasteiger partial charge in [0.2, 0.25) is 5.91 Å². The van der Waals surface area contributed by atoms with E-state index in [2.05, 4.69) is 13.5 Å². The Morgan fingerprint density at radius 2 is 1.95 bits per heavy atom. The third-order valence-corrected chi connectivity index (χ3v) is 4.42. The molecule has 1 saturated carbocycles. The van der Waals surface area contributed by atoms with E-state index in [9.17, 15) is 9.59 Å². The van der Waals surface area contributed by atoms with Gasteiger partial charge in [0.25, 0.3) is 0 Å². The first-order valence-corrected chi connectivity index (χ1v) is 8.19. The number of aliphatic carboxylic acids is 1. The maximum absolute atomic E-state index is 12.5. The number of carbonyl (C=O) groups excluding carboxylic acids is 1. The fraction of sp³-hybridized carbons (Fsp3) is 0.765. The van der Waals surface area contributed by atoms with Crippen molar-refractivity contribution in [1.82, 2.24) is 4.90 Å². The summed E-state index contributed by atoms with van der Waals surface area (Å²) in [6.45, 7) is 6.61. The van der Waals surface area contributed by atoms with Gasteiger partial charge in [-0.3, -0.25) is 9.59 Å². The first kappa shape index (κ1) is 17.7. The Bertz CT molecular complexity index is 346. The number of hydrogen-bond acceptors (Lipinski definition) is 2. The highest BCUT2D eigenvalue weighted by Crippen LogP contribution is 2.32. The number of hydrogen-bond donors (Lipinski definition) is 1. The van der Waals surface area contributed by atoms with E-state index < -0.39 is 5.97 Å². The Labute approximate surface area is 128 Å². The third kappa shape index (κ3) is 6.32. The predicted molar refractivity (Wildman–Crippen MR) is 84.0 cm³/mol. The predicted octanol–water partition coefficient (Wildman–Crippen LogP) is 3.47. The zero-order valence-corrected chi connectivity index (χ0v) is 13.2. The van der Waals surface area contributed by atoms with Crippen LogP contribution in [0.15, 0.2) is 12.7 Å². The number of nitrogens with zero attached hydrogens (tertiary/aromatic N) is 1. The van der Waals surface area contributed by atoms with Crippen LogP contribution in [0.4, 0.5) is 0 Å². The molecule has 120 valence electrons. The van der Waals surface area contributed by atoms with Gasteiger partial charge in [-0.2, -0.15) is 0 Å². The van der Waals surface area contributed by atoms with Crippen molar-refractivity contribution in [2.75, 3.05) is 13.1 Å². The van der Waals surface area contributed by atoms with Crippen molar-refractivity contribution >= 4 is 11.9 Å². The molecule has 1 aliphatic rings. The van der Waals surface area contributed by atoms with Crippen LogP contribution in [0.5, 0.6) is 0 Å². The summed E-state index contributed by atoms with van der Waals surface area (Å²) in [5.74, 6) is 0.114. The van der Waals surface area contributed by atoms with Crippen LogP contribution in [0.3, 0.4) is 0 Å². The van der Waals surface area contributed by atoms with Crippen LogP contribution in [-0.4, -0.2) is 35.0 Å². The van der Waals surface area contributed by atoms with E-state index in [1.54, 1.807) is 11.0 Å². The fourth-order valence-electron chi connectivity index (χ4n) is 3.13. The molecule has 1 rings (SSSR count). The van der Waals surface area contributed by atoms with Crippen LogP contribution in [0.25, 0.3) is 0 Å². The van der Waals surface area contributed by atoms with Gasteiger partial charge >= 0.3 is 5.97 Å². The van der Waals surface area contributed by atoms with Gasteiger partial charge in [-0.05, 0) is 31.6 Å². The summed E-state index contributed by atoms with van der Waals surface area (Å²) in [5, 5.41) is 8.78. The van der Waals surface area contributed by atoms with Gasteiger partial charge in [0.1, 0.15) is 0 Å². The van der Waals surface area contributed by atoms with E-state index in [0.717, 1.165) is 31.6 Å². The largest absolute Gasteiger partial charge is 0.481 e. The van der Waals surface area contributed by atoms with Crippen molar-refractivity contribution in [2.45, 2.75) is 58.3 Å². The SMILES string of the molecule is C=CCN(CCC(=O)O)C(=O)C1CCC(CCCC)CC1. The summed E-state index contributed by atoms with van der Waals surface area (Å²) in [6, 6.07) is 0. The van der Waals surface area contributed by atoms with Crippen LogP contribution >= 0.6 is 0 Å². The molecule has 4 heteroatoms. The number of carbonyl (C=O) groups is 2. The standard InChI is InChI=1S/C17H29NO3/c1-3-5-6-14-7-9-15(10-8-14)17(21)18(12-4-2)13-11-16(19)20/h4,14-15H,2-3,5-13H2,1H3,(H,19,20). The van der Waals surface area contributed by atoms with Gasteiger partial charge < -0.3 is 10.0 Å². The highest BCUT2D eigenvalue weighted by Gasteiger charge is 2.28. The second-order valence-corrected chi connectivity index (χ2v) is 6.08. The summed E-state index contributed by atoms with van der Waals surface area (Å²) in [6.07, 6.45) is 9.66. The first-order chi connectivity index (χ1) is 10.1. The minimum atomic E-state index is -0.861. The highest BCUT2D eigenvalue weighted by atomic mass is 16.4. The Morgan fingerprint density at radius 3 is 2.48 bits per heavy atom. The smallest absolute Gasteiger partial charge is 0.305 e. The second kappa shape index (κ2) is 9.59. The van der Waals surface area contributed by atoms with Crippen LogP contribution in [-0.2, 0) is 9.59 Å². The zero-order chi connectivity index (χ0) is 15.7. The van der Waals surface area contributed by atoms with Crippen molar-refractivity contribution in [3.63, 3.8) is 0 Å². The molecule has 1 N–H and O–H groups in total. The molecular formula is C17H29NO3. The van der Waals surface area contributed by atoms with E-state index in [1.165, 1.54) is 19.3 Å². The van der Waals surface area contributed by atoms with Crippen molar-refractivity contribution < 1.29 is 14.7 Å². The summed E-state index contributed by atoms with van der Waals surface area (Å²) < 4.78 is 0. The molecule has 0 spiro atoms. The normalized spacial score (nSPS) is 21.8. The molecule has 0 aromatic heterocycles. The average Bonchev–Trinajstić information content (AvgIpc) is 2.49. The van der Waals surface area contributed by atoms with E-state index in [0.29, 0.717) is 6.54 Å². The van der Waals surface area contributed by atoms with Gasteiger partial charge in [0, 0.05) is 19.0 Å². The molecule has 0 bridgehead atoms. The van der Waals surface area contributed by atoms with Crippen LogP contribution in [0.1, 0.15) is 58.3 Å². The van der Waals surface area contributed by atoms with E-state index in [4.69, 9.17) is 5.11 Å². The summed E-state index contributed by atoms with van der Waals surface area (Å²) in [5.41, 5.74) is 0. The monoisotopic (exact) mass is 295 g/mol. The van der Waals surface area contributed by atoms with Crippen molar-refractivity contribution in [3.8, 4) is 0 Å². The third-order valence-electron chi connectivity index (χ3n) is 4.42. The minimum absolute atomic E-state index is 0.00538. The molecule has 0 atom stereocenters. The molecule has 0 heterocycles. The molecule has 0 radical (unpaired) electrons. The lowest BCUT2D eigenvalue weighted by molar-refractivity contribution is -0.140. The Hall–Kier alpha value is -1.32. The second-order valence-electron chi connectivity index (χ2n) is 6.08. The molecule has 1 aliphatic carbocycles. The number of amides is 1. The quantitative estimate of drug-likeness (QED) is 0.663. The molecule has 0 saturated heterocycles. The topological polar surface area (TPSA) is 57.6 Å². The zero-order valence-electron chi connectivity index (χ0n) is 13.2. The van der Waals surface area contributed by atoms with Crippen LogP contribution in [0, 0.1) is 11.8 Å². The van der Waals surface area contributed by atoms with Gasteiger partial charge in [-0.1, -0.05) is 32.3 Å². The highest BCUT2D eigenvalue weighted by molar-refractivity contribution is 5.79. The number of carboxylic acid groups (broad SMARTS) is 1. The molecule has 0 unspecified atom stereocenters. The van der Waals surface area contributed by atoms with Crippen LogP contribution < -0.4 is 0 Å². The minimum Gasteiger partial charge on any atom is -0.481 e. The molecule has 0 aromatic rings. The Balaban J connectivity index is 2.45. The van der Waals surface area contributed by atoms with Crippen LogP contribution in [0.2, 0.25) is 0 Å². The van der Waals surface area contributed by atoms with Crippen molar-refractivity contribution in [2.24, 2.45) is 11.8 Å². The lowest BCUT2D eigenvalue weighted by atomic mass is 9.79. The number of rotatable bonds is 9. The van der Waals surface area contributed by atoms with Gasteiger partial charge in [0.15, 0.2) is 0 Å². The first-order valence-electron chi connectivity index (χ1n) is 8.19. The maximum Gasteiger partial charge on any atom is 0.305 e. The van der Waals surface area contributed by atoms with Gasteiger partial charge in [-0.15, -0.1) is 6.58 Å². The van der Waals surface area contributed by atoms with Gasteiger partial charge in [-0.25, -0.2) is 0 Å². The summed E-state index contributed by atoms with van der Waals surface area (Å²) >= 11 is 0. The lowest BCUT2D eigenvalue weighted by Crippen LogP contribution is -2.39. The Kier molecular flexibility index (Phi) is 8.09. The lowest BCUT2D eigenvalue weighted by Gasteiger charge is -2.31. The number of unbranched alkanes of at least 4 members (excludes halogenated alkanes) is 1. The molecule has 1 fully saturated rings. The summed E-state index contributed by atoms with van der Waals surface area (Å²) in [7, 11) is 0. The van der Waals surface area contributed by atoms with E-state index >= 15 is 0 Å². The van der Waals surface area contributed by atoms with E-state index in [1.807, 2.05) is 0 Å². The molecule has 4 nitrogen and oxygen atoms in total. The number of carboxylic acids is 1. The molecule has 0 aromatic carbocycles. The maximum atomic E-state index is 12.5. The molecule has 1 amide bonds.